The van der Waals surface area contributed by atoms with Crippen molar-refractivity contribution in [3.8, 4) is 11.1 Å². The van der Waals surface area contributed by atoms with Gasteiger partial charge >= 0.3 is 5.97 Å². The van der Waals surface area contributed by atoms with Gasteiger partial charge in [0.2, 0.25) is 11.3 Å². The lowest BCUT2D eigenvalue weighted by atomic mass is 10.0. The van der Waals surface area contributed by atoms with Gasteiger partial charge in [-0.05, 0) is 66.1 Å². The molecule has 0 aliphatic heterocycles. The summed E-state index contributed by atoms with van der Waals surface area (Å²) in [6.45, 7) is 1.89. The van der Waals surface area contributed by atoms with Gasteiger partial charge in [-0.3, -0.25) is 14.4 Å². The number of nitrogens with one attached hydrogen (secondary N) is 2. The lowest BCUT2D eigenvalue weighted by Crippen LogP contribution is -2.41. The number of rotatable bonds is 8. The monoisotopic (exact) mass is 623 g/mol. The number of anilines is 1. The van der Waals surface area contributed by atoms with Crippen molar-refractivity contribution in [3.05, 3.63) is 135 Å². The summed E-state index contributed by atoms with van der Waals surface area (Å²) in [6, 6.07) is 28.3. The van der Waals surface area contributed by atoms with Gasteiger partial charge in [-0.25, -0.2) is 4.79 Å². The van der Waals surface area contributed by atoms with Crippen LogP contribution in [0.1, 0.15) is 33.2 Å². The first kappa shape index (κ1) is 28.5. The second kappa shape index (κ2) is 12.2. The zero-order valence-corrected chi connectivity index (χ0v) is 24.1. The van der Waals surface area contributed by atoms with E-state index in [4.69, 9.17) is 0 Å². The Morgan fingerprint density at radius 3 is 2.29 bits per heavy atom. The maximum absolute atomic E-state index is 13.0. The molecule has 3 N–H and O–H groups in total. The molecule has 1 heterocycles. The fourth-order valence-electron chi connectivity index (χ4n) is 4.63. The molecule has 42 heavy (non-hydrogen) atoms. The second-order valence-electron chi connectivity index (χ2n) is 9.79. The number of aromatic nitrogens is 1. The van der Waals surface area contributed by atoms with Crippen LogP contribution in [-0.4, -0.2) is 33.5 Å². The number of pyridine rings is 1. The first-order valence-electron chi connectivity index (χ1n) is 13.1. The number of carboxylic acid groups (broad SMARTS) is 1. The molecule has 210 valence electrons. The van der Waals surface area contributed by atoms with E-state index in [9.17, 15) is 24.3 Å². The van der Waals surface area contributed by atoms with Crippen LogP contribution in [0.5, 0.6) is 0 Å². The molecule has 1 aromatic heterocycles. The molecule has 0 spiro atoms. The summed E-state index contributed by atoms with van der Waals surface area (Å²) in [4.78, 5) is 50.6. The van der Waals surface area contributed by atoms with Crippen molar-refractivity contribution < 1.29 is 19.5 Å². The number of halogens is 1. The van der Waals surface area contributed by atoms with Crippen LogP contribution >= 0.6 is 15.9 Å². The number of benzene rings is 4. The average Bonchev–Trinajstić information content (AvgIpc) is 2.99. The van der Waals surface area contributed by atoms with Crippen LogP contribution in [0.3, 0.4) is 0 Å². The Hall–Kier alpha value is -5.02. The van der Waals surface area contributed by atoms with Gasteiger partial charge < -0.3 is 20.3 Å². The van der Waals surface area contributed by atoms with Gasteiger partial charge in [-0.15, -0.1) is 0 Å². The molecule has 5 rings (SSSR count). The molecule has 4 aromatic carbocycles. The summed E-state index contributed by atoms with van der Waals surface area (Å²) in [7, 11) is 0. The van der Waals surface area contributed by atoms with E-state index in [1.165, 1.54) is 12.3 Å². The van der Waals surface area contributed by atoms with Gasteiger partial charge in [0.05, 0.1) is 5.52 Å². The van der Waals surface area contributed by atoms with Crippen molar-refractivity contribution in [1.29, 1.82) is 0 Å². The zero-order valence-electron chi connectivity index (χ0n) is 22.5. The van der Waals surface area contributed by atoms with Gasteiger partial charge in [0.25, 0.3) is 5.91 Å². The highest BCUT2D eigenvalue weighted by Gasteiger charge is 2.19. The summed E-state index contributed by atoms with van der Waals surface area (Å²) in [6.07, 6.45) is 1.33. The smallest absolute Gasteiger partial charge is 0.341 e. The molecular weight excluding hydrogens is 598 g/mol. The van der Waals surface area contributed by atoms with Crippen LogP contribution in [-0.2, 0) is 11.3 Å². The Balaban J connectivity index is 1.33. The van der Waals surface area contributed by atoms with E-state index < -0.39 is 29.3 Å². The van der Waals surface area contributed by atoms with Crippen molar-refractivity contribution in [2.24, 2.45) is 0 Å². The number of fused-ring (bicyclic) bond motifs is 1. The highest BCUT2D eigenvalue weighted by atomic mass is 79.9. The molecule has 9 heteroatoms. The predicted molar refractivity (Wildman–Crippen MR) is 166 cm³/mol. The number of carboxylic acids is 1. The molecule has 2 amide bonds. The second-order valence-corrected chi connectivity index (χ2v) is 10.7. The molecule has 0 aliphatic rings. The number of nitrogens with zero attached hydrogens (tertiary/aromatic N) is 1. The standard InChI is InChI=1S/C33H26BrN3O5/c1-20(35-32(40)24-12-10-23(11-13-24)22-7-3-2-4-8-22)31(39)36-26-14-15-29-27(17-26)30(38)28(33(41)42)19-37(29)18-21-6-5-9-25(34)16-21/h2-17,19-20H,18H2,1H3,(H,35,40)(H,36,39)(H,41,42)/t20-/m0/s1. The first-order valence-corrected chi connectivity index (χ1v) is 13.9. The van der Waals surface area contributed by atoms with E-state index in [1.807, 2.05) is 66.7 Å². The number of carbonyl (C=O) groups is 3. The lowest BCUT2D eigenvalue weighted by molar-refractivity contribution is -0.117. The molecule has 0 saturated heterocycles. The third kappa shape index (κ3) is 6.31. The van der Waals surface area contributed by atoms with Gasteiger partial charge in [0.15, 0.2) is 0 Å². The largest absolute Gasteiger partial charge is 0.477 e. The van der Waals surface area contributed by atoms with Crippen molar-refractivity contribution >= 4 is 50.3 Å². The minimum atomic E-state index is -1.34. The van der Waals surface area contributed by atoms with Crippen LogP contribution in [0.2, 0.25) is 0 Å². The summed E-state index contributed by atoms with van der Waals surface area (Å²) in [5.74, 6) is -2.24. The third-order valence-electron chi connectivity index (χ3n) is 6.82. The normalized spacial score (nSPS) is 11.6. The molecular formula is C33H26BrN3O5. The highest BCUT2D eigenvalue weighted by Crippen LogP contribution is 2.21. The van der Waals surface area contributed by atoms with Gasteiger partial charge in [0, 0.05) is 33.9 Å². The zero-order chi connectivity index (χ0) is 29.8. The molecule has 5 aromatic rings. The van der Waals surface area contributed by atoms with E-state index in [-0.39, 0.29) is 10.9 Å². The molecule has 0 unspecified atom stereocenters. The molecule has 0 saturated carbocycles. The van der Waals surface area contributed by atoms with Crippen LogP contribution in [0.15, 0.2) is 113 Å². The Morgan fingerprint density at radius 1 is 0.881 bits per heavy atom. The van der Waals surface area contributed by atoms with Gasteiger partial charge in [-0.1, -0.05) is 70.5 Å². The molecule has 0 bridgehead atoms. The number of hydrogen-bond acceptors (Lipinski definition) is 4. The molecule has 8 nitrogen and oxygen atoms in total. The molecule has 0 radical (unpaired) electrons. The maximum Gasteiger partial charge on any atom is 0.341 e. The number of carbonyl (C=O) groups excluding carboxylic acids is 2. The van der Waals surface area contributed by atoms with Crippen molar-refractivity contribution in [1.82, 2.24) is 9.88 Å². The van der Waals surface area contributed by atoms with E-state index in [1.54, 1.807) is 35.8 Å². The van der Waals surface area contributed by atoms with Gasteiger partial charge in [0.1, 0.15) is 11.6 Å². The van der Waals surface area contributed by atoms with Crippen molar-refractivity contribution in [2.45, 2.75) is 19.5 Å². The third-order valence-corrected chi connectivity index (χ3v) is 7.31. The Kier molecular flexibility index (Phi) is 8.31. The number of aromatic carboxylic acids is 1. The average molecular weight is 624 g/mol. The number of amides is 2. The summed E-state index contributed by atoms with van der Waals surface area (Å²) in [5.41, 5.74) is 3.10. The van der Waals surface area contributed by atoms with E-state index in [0.717, 1.165) is 21.2 Å². The Morgan fingerprint density at radius 2 is 1.60 bits per heavy atom. The highest BCUT2D eigenvalue weighted by molar-refractivity contribution is 9.10. The van der Waals surface area contributed by atoms with E-state index in [0.29, 0.717) is 23.3 Å². The summed E-state index contributed by atoms with van der Waals surface area (Å²) >= 11 is 3.44. The minimum Gasteiger partial charge on any atom is -0.477 e. The number of hydrogen-bond donors (Lipinski definition) is 3. The summed E-state index contributed by atoms with van der Waals surface area (Å²) < 4.78 is 2.57. The fraction of sp³-hybridized carbons (Fsp3) is 0.0909. The first-order chi connectivity index (χ1) is 20.2. The van der Waals surface area contributed by atoms with Gasteiger partial charge in [-0.2, -0.15) is 0 Å². The Bertz CT molecular complexity index is 1870. The summed E-state index contributed by atoms with van der Waals surface area (Å²) in [5, 5.41) is 15.2. The molecule has 0 fully saturated rings. The van der Waals surface area contributed by atoms with Crippen LogP contribution in [0.4, 0.5) is 5.69 Å². The predicted octanol–water partition coefficient (Wildman–Crippen LogP) is 5.93. The molecule has 1 atom stereocenters. The quantitative estimate of drug-likeness (QED) is 0.198. The minimum absolute atomic E-state index is 0.151. The Labute approximate surface area is 249 Å². The van der Waals surface area contributed by atoms with Crippen molar-refractivity contribution in [2.75, 3.05) is 5.32 Å². The van der Waals surface area contributed by atoms with Crippen molar-refractivity contribution in [3.63, 3.8) is 0 Å². The van der Waals surface area contributed by atoms with Crippen LogP contribution < -0.4 is 16.1 Å². The van der Waals surface area contributed by atoms with E-state index >= 15 is 0 Å². The SMILES string of the molecule is C[C@H](NC(=O)c1ccc(-c2ccccc2)cc1)C(=O)Nc1ccc2c(c1)c(=O)c(C(=O)O)cn2Cc1cccc(Br)c1. The van der Waals surface area contributed by atoms with E-state index in [2.05, 4.69) is 26.6 Å². The maximum atomic E-state index is 13.0. The fourth-order valence-corrected chi connectivity index (χ4v) is 5.08. The lowest BCUT2D eigenvalue weighted by Gasteiger charge is -2.16. The molecule has 0 aliphatic carbocycles. The van der Waals surface area contributed by atoms with Crippen LogP contribution in [0.25, 0.3) is 22.0 Å². The topological polar surface area (TPSA) is 118 Å². The van der Waals surface area contributed by atoms with Crippen LogP contribution in [0, 0.1) is 0 Å².